The molecule has 3 rings (SSSR count). The molecule has 0 saturated heterocycles. The first-order valence-corrected chi connectivity index (χ1v) is 8.75. The van der Waals surface area contributed by atoms with E-state index in [1.54, 1.807) is 37.3 Å². The molecular weight excluding hydrogens is 342 g/mol. The van der Waals surface area contributed by atoms with Crippen molar-refractivity contribution in [3.05, 3.63) is 78.0 Å². The van der Waals surface area contributed by atoms with Gasteiger partial charge < -0.3 is 4.74 Å². The van der Waals surface area contributed by atoms with Gasteiger partial charge in [0.1, 0.15) is 5.69 Å². The highest BCUT2D eigenvalue weighted by Crippen LogP contribution is 2.25. The zero-order valence-electron chi connectivity index (χ0n) is 14.9. The van der Waals surface area contributed by atoms with E-state index in [0.29, 0.717) is 11.1 Å². The van der Waals surface area contributed by atoms with Gasteiger partial charge in [-0.15, -0.1) is 0 Å². The summed E-state index contributed by atoms with van der Waals surface area (Å²) in [6, 6.07) is 19.9. The van der Waals surface area contributed by atoms with E-state index in [-0.39, 0.29) is 24.5 Å². The van der Waals surface area contributed by atoms with Crippen LogP contribution < -0.4 is 0 Å². The van der Waals surface area contributed by atoms with Gasteiger partial charge in [-0.1, -0.05) is 54.6 Å². The van der Waals surface area contributed by atoms with Crippen LogP contribution in [0.4, 0.5) is 0 Å². The van der Waals surface area contributed by atoms with Gasteiger partial charge in [-0.3, -0.25) is 9.59 Å². The molecule has 0 N–H and O–H groups in total. The third kappa shape index (κ3) is 4.26. The fourth-order valence-corrected chi connectivity index (χ4v) is 2.91. The van der Waals surface area contributed by atoms with Gasteiger partial charge in [-0.25, -0.2) is 9.78 Å². The molecule has 1 heterocycles. The summed E-state index contributed by atoms with van der Waals surface area (Å²) in [6.45, 7) is 1.74. The average molecular weight is 361 g/mol. The Morgan fingerprint density at radius 2 is 1.63 bits per heavy atom. The van der Waals surface area contributed by atoms with Crippen molar-refractivity contribution in [3.8, 4) is 0 Å². The number of nitrogens with zero attached hydrogens (tertiary/aromatic N) is 1. The number of fused-ring (bicyclic) bond motifs is 1. The van der Waals surface area contributed by atoms with E-state index in [1.807, 2.05) is 36.4 Å². The van der Waals surface area contributed by atoms with Gasteiger partial charge in [0.2, 0.25) is 5.78 Å². The Labute approximate surface area is 157 Å². The fraction of sp³-hybridized carbons (Fsp3) is 0.182. The number of ketones is 2. The minimum Gasteiger partial charge on any atom is -0.460 e. The molecule has 1 atom stereocenters. The monoisotopic (exact) mass is 361 g/mol. The van der Waals surface area contributed by atoms with Gasteiger partial charge in [0.05, 0.1) is 18.0 Å². The number of Topliss-reactive ketones (excluding diaryl/α,β-unsaturated/α-hetero) is 2. The molecule has 0 aliphatic heterocycles. The van der Waals surface area contributed by atoms with E-state index in [0.717, 1.165) is 5.39 Å². The van der Waals surface area contributed by atoms with Crippen molar-refractivity contribution in [2.45, 2.75) is 19.3 Å². The highest BCUT2D eigenvalue weighted by molar-refractivity contribution is 6.34. The number of pyridine rings is 1. The van der Waals surface area contributed by atoms with Crippen LogP contribution in [0.1, 0.15) is 35.3 Å². The second-order valence-corrected chi connectivity index (χ2v) is 6.06. The Kier molecular flexibility index (Phi) is 5.71. The first-order valence-electron chi connectivity index (χ1n) is 8.75. The molecule has 0 amide bonds. The van der Waals surface area contributed by atoms with Crippen molar-refractivity contribution in [3.63, 3.8) is 0 Å². The van der Waals surface area contributed by atoms with Gasteiger partial charge in [-0.2, -0.15) is 0 Å². The number of carbonyl (C=O) groups is 3. The van der Waals surface area contributed by atoms with Gasteiger partial charge >= 0.3 is 5.97 Å². The zero-order valence-corrected chi connectivity index (χ0v) is 14.9. The molecule has 0 bridgehead atoms. The van der Waals surface area contributed by atoms with Gasteiger partial charge in [0.15, 0.2) is 5.78 Å². The van der Waals surface area contributed by atoms with Crippen LogP contribution in [0.25, 0.3) is 10.9 Å². The summed E-state index contributed by atoms with van der Waals surface area (Å²) in [5.41, 5.74) is 1.63. The Balaban J connectivity index is 1.94. The van der Waals surface area contributed by atoms with Crippen molar-refractivity contribution < 1.29 is 19.1 Å². The molecule has 0 spiro atoms. The summed E-state index contributed by atoms with van der Waals surface area (Å²) in [5, 5.41) is 0.924. The van der Waals surface area contributed by atoms with Gasteiger partial charge in [-0.05, 0) is 24.6 Å². The summed E-state index contributed by atoms with van der Waals surface area (Å²) in [6.07, 6.45) is -0.254. The molecule has 0 radical (unpaired) electrons. The maximum absolute atomic E-state index is 13.1. The van der Waals surface area contributed by atoms with Gasteiger partial charge in [0.25, 0.3) is 0 Å². The molecule has 1 aromatic heterocycles. The maximum atomic E-state index is 13.1. The summed E-state index contributed by atoms with van der Waals surface area (Å²) in [4.78, 5) is 41.5. The number of esters is 1. The topological polar surface area (TPSA) is 73.3 Å². The van der Waals surface area contributed by atoms with Crippen LogP contribution in [0, 0.1) is 0 Å². The number of aromatic nitrogens is 1. The van der Waals surface area contributed by atoms with Crippen molar-refractivity contribution in [1.29, 1.82) is 0 Å². The van der Waals surface area contributed by atoms with Crippen molar-refractivity contribution >= 4 is 28.4 Å². The molecule has 5 nitrogen and oxygen atoms in total. The molecule has 0 saturated carbocycles. The lowest BCUT2D eigenvalue weighted by molar-refractivity contribution is -0.153. The van der Waals surface area contributed by atoms with E-state index < -0.39 is 17.7 Å². The van der Waals surface area contributed by atoms with Crippen LogP contribution in [-0.4, -0.2) is 29.1 Å². The Morgan fingerprint density at radius 3 is 2.37 bits per heavy atom. The number of hydrogen-bond acceptors (Lipinski definition) is 5. The average Bonchev–Trinajstić information content (AvgIpc) is 2.71. The van der Waals surface area contributed by atoms with Crippen LogP contribution in [0.5, 0.6) is 0 Å². The van der Waals surface area contributed by atoms with Crippen LogP contribution in [0.3, 0.4) is 0 Å². The normalized spacial score (nSPS) is 11.7. The molecule has 2 aromatic carbocycles. The quantitative estimate of drug-likeness (QED) is 0.364. The maximum Gasteiger partial charge on any atom is 0.374 e. The van der Waals surface area contributed by atoms with Crippen LogP contribution in [0.2, 0.25) is 0 Å². The van der Waals surface area contributed by atoms with E-state index >= 15 is 0 Å². The molecule has 5 heteroatoms. The third-order valence-electron chi connectivity index (χ3n) is 4.26. The standard InChI is InChI=1S/C22H19NO4/c1-2-27-22(26)20(24)14-17(15-8-4-3-5-9-15)21(25)19-13-12-16-10-6-7-11-18(16)23-19/h3-13,17H,2,14H2,1H3/t17-/m1/s1. The number of hydrogen-bond donors (Lipinski definition) is 0. The molecule has 0 unspecified atom stereocenters. The van der Waals surface area contributed by atoms with Crippen LogP contribution >= 0.6 is 0 Å². The Bertz CT molecular complexity index is 982. The van der Waals surface area contributed by atoms with Crippen LogP contribution in [0.15, 0.2) is 66.7 Å². The lowest BCUT2D eigenvalue weighted by atomic mass is 9.88. The highest BCUT2D eigenvalue weighted by Gasteiger charge is 2.29. The smallest absolute Gasteiger partial charge is 0.374 e. The number of benzene rings is 2. The lowest BCUT2D eigenvalue weighted by Crippen LogP contribution is -2.24. The van der Waals surface area contributed by atoms with Gasteiger partial charge in [0, 0.05) is 11.8 Å². The number of carbonyl (C=O) groups excluding carboxylic acids is 3. The van der Waals surface area contributed by atoms with E-state index in [4.69, 9.17) is 4.74 Å². The van der Waals surface area contributed by atoms with Crippen molar-refractivity contribution in [1.82, 2.24) is 4.98 Å². The Hall–Kier alpha value is -3.34. The first-order chi connectivity index (χ1) is 13.1. The summed E-state index contributed by atoms with van der Waals surface area (Å²) in [7, 11) is 0. The molecule has 3 aromatic rings. The Morgan fingerprint density at radius 1 is 0.926 bits per heavy atom. The molecule has 136 valence electrons. The van der Waals surface area contributed by atoms with Crippen LogP contribution in [-0.2, 0) is 14.3 Å². The summed E-state index contributed by atoms with van der Waals surface area (Å²) < 4.78 is 4.77. The predicted octanol–water partition coefficient (Wildman–Crippen LogP) is 3.72. The lowest BCUT2D eigenvalue weighted by Gasteiger charge is -2.15. The number of ether oxygens (including phenoxy) is 1. The molecule has 0 aliphatic carbocycles. The second kappa shape index (κ2) is 8.36. The van der Waals surface area contributed by atoms with E-state index in [1.165, 1.54) is 0 Å². The number of rotatable bonds is 7. The number of para-hydroxylation sites is 1. The summed E-state index contributed by atoms with van der Waals surface area (Å²) in [5.74, 6) is -2.74. The molecule has 0 fully saturated rings. The van der Waals surface area contributed by atoms with Crippen molar-refractivity contribution in [2.75, 3.05) is 6.61 Å². The second-order valence-electron chi connectivity index (χ2n) is 6.06. The molecular formula is C22H19NO4. The van der Waals surface area contributed by atoms with E-state index in [9.17, 15) is 14.4 Å². The fourth-order valence-electron chi connectivity index (χ4n) is 2.91. The molecule has 27 heavy (non-hydrogen) atoms. The zero-order chi connectivity index (χ0) is 19.2. The molecule has 0 aliphatic rings. The third-order valence-corrected chi connectivity index (χ3v) is 4.26. The largest absolute Gasteiger partial charge is 0.460 e. The minimum atomic E-state index is -0.919. The summed E-state index contributed by atoms with van der Waals surface area (Å²) >= 11 is 0. The van der Waals surface area contributed by atoms with E-state index in [2.05, 4.69) is 4.98 Å². The highest BCUT2D eigenvalue weighted by atomic mass is 16.5. The minimum absolute atomic E-state index is 0.112. The SMILES string of the molecule is CCOC(=O)C(=O)C[C@@H](C(=O)c1ccc2ccccc2n1)c1ccccc1. The van der Waals surface area contributed by atoms with Crippen molar-refractivity contribution in [2.24, 2.45) is 0 Å². The predicted molar refractivity (Wildman–Crippen MR) is 102 cm³/mol. The first kappa shape index (κ1) is 18.5.